The van der Waals surface area contributed by atoms with Gasteiger partial charge in [-0.1, -0.05) is 17.7 Å². The van der Waals surface area contributed by atoms with Crippen molar-refractivity contribution >= 4 is 33.4 Å². The van der Waals surface area contributed by atoms with E-state index in [1.165, 1.54) is 0 Å². The largest absolute Gasteiger partial charge is 0.383 e. The first-order chi connectivity index (χ1) is 8.60. The number of hydrogen-bond acceptors (Lipinski definition) is 2. The van der Waals surface area contributed by atoms with Crippen LogP contribution in [0.25, 0.3) is 0 Å². The zero-order chi connectivity index (χ0) is 13.5. The Morgan fingerprint density at radius 1 is 1.61 bits per heavy atom. The van der Waals surface area contributed by atoms with Crippen molar-refractivity contribution in [2.45, 2.75) is 0 Å². The van der Waals surface area contributed by atoms with Crippen molar-refractivity contribution in [2.75, 3.05) is 26.8 Å². The summed E-state index contributed by atoms with van der Waals surface area (Å²) >= 11 is 9.21. The van der Waals surface area contributed by atoms with Gasteiger partial charge < -0.3 is 9.64 Å². The predicted octanol–water partition coefficient (Wildman–Crippen LogP) is 3.38. The standard InChI is InChI=1S/C13H15BrClNO2/c1-3-6-16(7-8-18-2)13(17)10-4-5-12(15)11(14)9-10/h3-5,9H,1,6-8H2,2H3. The van der Waals surface area contributed by atoms with Crippen molar-refractivity contribution in [1.29, 1.82) is 0 Å². The Labute approximate surface area is 121 Å². The van der Waals surface area contributed by atoms with Crippen molar-refractivity contribution in [1.82, 2.24) is 4.90 Å². The van der Waals surface area contributed by atoms with Gasteiger partial charge in [-0.2, -0.15) is 0 Å². The molecule has 0 radical (unpaired) electrons. The number of halogens is 2. The number of ether oxygens (including phenoxy) is 1. The molecule has 0 fully saturated rings. The van der Waals surface area contributed by atoms with Crippen molar-refractivity contribution in [3.05, 3.63) is 45.9 Å². The summed E-state index contributed by atoms with van der Waals surface area (Å²) in [5.41, 5.74) is 0.587. The van der Waals surface area contributed by atoms with Gasteiger partial charge in [0.25, 0.3) is 5.91 Å². The number of nitrogens with zero attached hydrogens (tertiary/aromatic N) is 1. The second-order valence-corrected chi connectivity index (χ2v) is 4.92. The molecule has 0 aliphatic heterocycles. The zero-order valence-electron chi connectivity index (χ0n) is 10.2. The highest BCUT2D eigenvalue weighted by Crippen LogP contribution is 2.23. The first-order valence-electron chi connectivity index (χ1n) is 5.44. The molecule has 0 atom stereocenters. The molecule has 0 saturated carbocycles. The van der Waals surface area contributed by atoms with Crippen LogP contribution >= 0.6 is 27.5 Å². The Balaban J connectivity index is 2.86. The van der Waals surface area contributed by atoms with Crippen molar-refractivity contribution in [3.63, 3.8) is 0 Å². The predicted molar refractivity (Wildman–Crippen MR) is 77.1 cm³/mol. The minimum Gasteiger partial charge on any atom is -0.383 e. The third-order valence-corrected chi connectivity index (χ3v) is 3.58. The van der Waals surface area contributed by atoms with E-state index in [0.717, 1.165) is 0 Å². The first-order valence-corrected chi connectivity index (χ1v) is 6.61. The van der Waals surface area contributed by atoms with Gasteiger partial charge in [0, 0.05) is 30.2 Å². The number of methoxy groups -OCH3 is 1. The van der Waals surface area contributed by atoms with Gasteiger partial charge in [0.2, 0.25) is 0 Å². The van der Waals surface area contributed by atoms with E-state index < -0.39 is 0 Å². The molecule has 1 aromatic rings. The molecule has 0 saturated heterocycles. The van der Waals surface area contributed by atoms with Gasteiger partial charge in [0.1, 0.15) is 0 Å². The summed E-state index contributed by atoms with van der Waals surface area (Å²) in [5.74, 6) is -0.0654. The Bertz CT molecular complexity index is 437. The van der Waals surface area contributed by atoms with E-state index in [9.17, 15) is 4.79 Å². The van der Waals surface area contributed by atoms with Crippen LogP contribution < -0.4 is 0 Å². The summed E-state index contributed by atoms with van der Waals surface area (Å²) in [6, 6.07) is 5.12. The van der Waals surface area contributed by atoms with Gasteiger partial charge in [0.05, 0.1) is 11.6 Å². The smallest absolute Gasteiger partial charge is 0.254 e. The summed E-state index contributed by atoms with van der Waals surface area (Å²) in [7, 11) is 1.61. The molecule has 0 bridgehead atoms. The number of benzene rings is 1. The van der Waals surface area contributed by atoms with Crippen LogP contribution in [0, 0.1) is 0 Å². The minimum absolute atomic E-state index is 0.0654. The Morgan fingerprint density at radius 3 is 2.89 bits per heavy atom. The van der Waals surface area contributed by atoms with Crippen molar-refractivity contribution in [2.24, 2.45) is 0 Å². The molecule has 5 heteroatoms. The number of amides is 1. The molecule has 1 rings (SSSR count). The molecule has 0 aromatic heterocycles. The van der Waals surface area contributed by atoms with Crippen molar-refractivity contribution < 1.29 is 9.53 Å². The summed E-state index contributed by atoms with van der Waals surface area (Å²) in [6.07, 6.45) is 1.69. The Hall–Kier alpha value is -0.840. The fraction of sp³-hybridized carbons (Fsp3) is 0.308. The van der Waals surface area contributed by atoms with Crippen molar-refractivity contribution in [3.8, 4) is 0 Å². The lowest BCUT2D eigenvalue weighted by Gasteiger charge is -2.21. The van der Waals surface area contributed by atoms with Gasteiger partial charge in [-0.05, 0) is 34.1 Å². The van der Waals surface area contributed by atoms with E-state index in [1.807, 2.05) is 0 Å². The summed E-state index contributed by atoms with van der Waals surface area (Å²) in [4.78, 5) is 13.9. The van der Waals surface area contributed by atoms with Gasteiger partial charge >= 0.3 is 0 Å². The summed E-state index contributed by atoms with van der Waals surface area (Å²) in [5, 5.41) is 0.582. The lowest BCUT2D eigenvalue weighted by Crippen LogP contribution is -2.34. The van der Waals surface area contributed by atoms with Crippen LogP contribution in [0.15, 0.2) is 35.3 Å². The highest BCUT2D eigenvalue weighted by molar-refractivity contribution is 9.10. The van der Waals surface area contributed by atoms with Crippen LogP contribution in [-0.4, -0.2) is 37.6 Å². The number of carbonyl (C=O) groups excluding carboxylic acids is 1. The van der Waals surface area contributed by atoms with Gasteiger partial charge in [0.15, 0.2) is 0 Å². The molecule has 98 valence electrons. The Morgan fingerprint density at radius 2 is 2.33 bits per heavy atom. The fourth-order valence-electron chi connectivity index (χ4n) is 1.44. The average molecular weight is 333 g/mol. The molecular weight excluding hydrogens is 318 g/mol. The molecule has 0 heterocycles. The molecule has 0 aliphatic rings. The minimum atomic E-state index is -0.0654. The number of rotatable bonds is 6. The molecule has 1 aromatic carbocycles. The maximum absolute atomic E-state index is 12.3. The van der Waals surface area contributed by atoms with E-state index in [-0.39, 0.29) is 5.91 Å². The number of hydrogen-bond donors (Lipinski definition) is 0. The van der Waals surface area contributed by atoms with Crippen LogP contribution in [0.1, 0.15) is 10.4 Å². The van der Waals surface area contributed by atoms with E-state index >= 15 is 0 Å². The van der Waals surface area contributed by atoms with E-state index in [0.29, 0.717) is 34.8 Å². The second kappa shape index (κ2) is 7.56. The average Bonchev–Trinajstić information content (AvgIpc) is 2.37. The lowest BCUT2D eigenvalue weighted by atomic mass is 10.2. The normalized spacial score (nSPS) is 10.2. The van der Waals surface area contributed by atoms with Crippen LogP contribution in [0.3, 0.4) is 0 Å². The number of carbonyl (C=O) groups is 1. The summed E-state index contributed by atoms with van der Waals surface area (Å²) < 4.78 is 5.70. The molecular formula is C13H15BrClNO2. The topological polar surface area (TPSA) is 29.5 Å². The maximum Gasteiger partial charge on any atom is 0.254 e. The molecule has 1 amide bonds. The first kappa shape index (κ1) is 15.2. The molecule has 0 aliphatic carbocycles. The maximum atomic E-state index is 12.3. The SMILES string of the molecule is C=CCN(CCOC)C(=O)c1ccc(Cl)c(Br)c1. The molecule has 0 unspecified atom stereocenters. The Kier molecular flexibility index (Phi) is 6.39. The van der Waals surface area contributed by atoms with E-state index in [4.69, 9.17) is 16.3 Å². The van der Waals surface area contributed by atoms with E-state index in [2.05, 4.69) is 22.5 Å². The van der Waals surface area contributed by atoms with Crippen LogP contribution in [0.2, 0.25) is 5.02 Å². The molecule has 18 heavy (non-hydrogen) atoms. The third-order valence-electron chi connectivity index (χ3n) is 2.37. The molecule has 3 nitrogen and oxygen atoms in total. The fourth-order valence-corrected chi connectivity index (χ4v) is 1.94. The highest BCUT2D eigenvalue weighted by atomic mass is 79.9. The highest BCUT2D eigenvalue weighted by Gasteiger charge is 2.15. The van der Waals surface area contributed by atoms with Gasteiger partial charge in [-0.15, -0.1) is 6.58 Å². The van der Waals surface area contributed by atoms with Gasteiger partial charge in [-0.25, -0.2) is 0 Å². The lowest BCUT2D eigenvalue weighted by molar-refractivity contribution is 0.0718. The molecule has 0 N–H and O–H groups in total. The molecule has 0 spiro atoms. The van der Waals surface area contributed by atoms with Crippen LogP contribution in [0.5, 0.6) is 0 Å². The summed E-state index contributed by atoms with van der Waals surface area (Å²) in [6.45, 7) is 5.16. The van der Waals surface area contributed by atoms with Crippen LogP contribution in [0.4, 0.5) is 0 Å². The monoisotopic (exact) mass is 331 g/mol. The zero-order valence-corrected chi connectivity index (χ0v) is 12.5. The van der Waals surface area contributed by atoms with Crippen LogP contribution in [-0.2, 0) is 4.74 Å². The second-order valence-electron chi connectivity index (χ2n) is 3.66. The third kappa shape index (κ3) is 4.12. The quantitative estimate of drug-likeness (QED) is 0.748. The van der Waals surface area contributed by atoms with E-state index in [1.54, 1.807) is 36.3 Å². The van der Waals surface area contributed by atoms with Gasteiger partial charge in [-0.3, -0.25) is 4.79 Å².